The van der Waals surface area contributed by atoms with E-state index in [0.717, 1.165) is 0 Å². The lowest BCUT2D eigenvalue weighted by molar-refractivity contribution is -0.274. The molecule has 16 heavy (non-hydrogen) atoms. The van der Waals surface area contributed by atoms with Crippen molar-refractivity contribution in [3.63, 3.8) is 0 Å². The zero-order valence-corrected chi connectivity index (χ0v) is 7.58. The highest BCUT2D eigenvalue weighted by Gasteiger charge is 2.32. The molecule has 0 saturated carbocycles. The number of carbonyl (C=O) groups is 1. The first-order valence-corrected chi connectivity index (χ1v) is 3.79. The summed E-state index contributed by atoms with van der Waals surface area (Å²) in [4.78, 5) is 13.7. The van der Waals surface area contributed by atoms with Crippen molar-refractivity contribution in [3.8, 4) is 11.8 Å². The maximum atomic E-state index is 11.9. The van der Waals surface area contributed by atoms with Crippen LogP contribution < -0.4 is 10.5 Å². The molecule has 0 unspecified atom stereocenters. The van der Waals surface area contributed by atoms with E-state index < -0.39 is 17.9 Å². The number of aromatic nitrogens is 1. The van der Waals surface area contributed by atoms with E-state index in [-0.39, 0.29) is 17.5 Å². The number of ether oxygens (including phenoxy) is 1. The average Bonchev–Trinajstić information content (AvgIpc) is 2.18. The topological polar surface area (TPSA) is 89.0 Å². The van der Waals surface area contributed by atoms with E-state index in [1.165, 1.54) is 6.07 Å². The van der Waals surface area contributed by atoms with Crippen LogP contribution in [0.3, 0.4) is 0 Å². The normalized spacial score (nSPS) is 10.6. The first-order chi connectivity index (χ1) is 7.37. The molecule has 0 saturated heterocycles. The molecule has 0 bridgehead atoms. The van der Waals surface area contributed by atoms with Crippen LogP contribution in [0.15, 0.2) is 6.07 Å². The first kappa shape index (κ1) is 11.8. The highest BCUT2D eigenvalue weighted by atomic mass is 19.4. The summed E-state index contributed by atoms with van der Waals surface area (Å²) in [6.45, 7) is 0. The Morgan fingerprint density at radius 2 is 2.19 bits per heavy atom. The Labute approximate surface area is 87.3 Å². The van der Waals surface area contributed by atoms with Gasteiger partial charge in [0.2, 0.25) is 0 Å². The lowest BCUT2D eigenvalue weighted by atomic mass is 10.2. The standard InChI is InChI=1S/C8H4F3N3O2/c9-8(10,11)16-6-1-4(2-12)5(3-15)14-7(6)13/h1,3H,(H2,13,14). The van der Waals surface area contributed by atoms with Crippen LogP contribution in [0.4, 0.5) is 19.0 Å². The Morgan fingerprint density at radius 1 is 1.56 bits per heavy atom. The molecule has 0 aromatic carbocycles. The van der Waals surface area contributed by atoms with Crippen LogP contribution in [0.25, 0.3) is 0 Å². The molecule has 8 heteroatoms. The Kier molecular flexibility index (Phi) is 2.99. The van der Waals surface area contributed by atoms with E-state index in [4.69, 9.17) is 11.0 Å². The van der Waals surface area contributed by atoms with Crippen LogP contribution in [0.1, 0.15) is 16.1 Å². The summed E-state index contributed by atoms with van der Waals surface area (Å²) in [5.74, 6) is -1.42. The highest BCUT2D eigenvalue weighted by molar-refractivity contribution is 5.78. The number of rotatable bonds is 2. The Morgan fingerprint density at radius 3 is 2.62 bits per heavy atom. The number of nitrogens with zero attached hydrogens (tertiary/aromatic N) is 2. The van der Waals surface area contributed by atoms with Gasteiger partial charge in [0.15, 0.2) is 17.9 Å². The van der Waals surface area contributed by atoms with Crippen LogP contribution >= 0.6 is 0 Å². The molecule has 0 aliphatic carbocycles. The third kappa shape index (κ3) is 2.60. The van der Waals surface area contributed by atoms with Crippen molar-refractivity contribution in [3.05, 3.63) is 17.3 Å². The van der Waals surface area contributed by atoms with Gasteiger partial charge in [-0.2, -0.15) is 5.26 Å². The molecule has 0 atom stereocenters. The molecule has 1 heterocycles. The third-order valence-corrected chi connectivity index (χ3v) is 1.50. The molecule has 2 N–H and O–H groups in total. The number of nitrogens with two attached hydrogens (primary N) is 1. The van der Waals surface area contributed by atoms with E-state index in [0.29, 0.717) is 6.07 Å². The lowest BCUT2D eigenvalue weighted by Gasteiger charge is -2.10. The molecular formula is C8H4F3N3O2. The van der Waals surface area contributed by atoms with Crippen molar-refractivity contribution in [1.29, 1.82) is 5.26 Å². The second-order valence-electron chi connectivity index (χ2n) is 2.58. The van der Waals surface area contributed by atoms with Gasteiger partial charge in [-0.25, -0.2) is 4.98 Å². The second kappa shape index (κ2) is 4.06. The Bertz CT molecular complexity index is 465. The fourth-order valence-electron chi connectivity index (χ4n) is 0.910. The van der Waals surface area contributed by atoms with Crippen LogP contribution in [0.5, 0.6) is 5.75 Å². The molecule has 1 rings (SSSR count). The van der Waals surface area contributed by atoms with Gasteiger partial charge in [-0.15, -0.1) is 13.2 Å². The van der Waals surface area contributed by atoms with E-state index in [1.807, 2.05) is 0 Å². The van der Waals surface area contributed by atoms with Crippen LogP contribution in [0, 0.1) is 11.3 Å². The van der Waals surface area contributed by atoms with Gasteiger partial charge < -0.3 is 10.5 Å². The summed E-state index contributed by atoms with van der Waals surface area (Å²) < 4.78 is 39.2. The van der Waals surface area contributed by atoms with E-state index in [2.05, 4.69) is 9.72 Å². The van der Waals surface area contributed by atoms with E-state index in [1.54, 1.807) is 0 Å². The highest BCUT2D eigenvalue weighted by Crippen LogP contribution is 2.28. The number of aldehydes is 1. The zero-order valence-electron chi connectivity index (χ0n) is 7.58. The molecule has 0 fully saturated rings. The maximum Gasteiger partial charge on any atom is 0.573 e. The monoisotopic (exact) mass is 231 g/mol. The summed E-state index contributed by atoms with van der Waals surface area (Å²) in [5.41, 5.74) is 4.44. The van der Waals surface area contributed by atoms with Gasteiger partial charge in [-0.3, -0.25) is 4.79 Å². The maximum absolute atomic E-state index is 11.9. The van der Waals surface area contributed by atoms with Crippen molar-refractivity contribution in [1.82, 2.24) is 4.98 Å². The first-order valence-electron chi connectivity index (χ1n) is 3.79. The number of pyridine rings is 1. The number of nitrogen functional groups attached to an aromatic ring is 1. The second-order valence-corrected chi connectivity index (χ2v) is 2.58. The molecule has 84 valence electrons. The number of carbonyl (C=O) groups excluding carboxylic acids is 1. The molecule has 0 spiro atoms. The van der Waals surface area contributed by atoms with Crippen LogP contribution in [0.2, 0.25) is 0 Å². The fourth-order valence-corrected chi connectivity index (χ4v) is 0.910. The summed E-state index contributed by atoms with van der Waals surface area (Å²) in [7, 11) is 0. The minimum absolute atomic E-state index is 0.215. The smallest absolute Gasteiger partial charge is 0.402 e. The van der Waals surface area contributed by atoms with Crippen molar-refractivity contribution >= 4 is 12.1 Å². The van der Waals surface area contributed by atoms with Gasteiger partial charge in [0, 0.05) is 6.07 Å². The fraction of sp³-hybridized carbons (Fsp3) is 0.125. The molecule has 0 radical (unpaired) electrons. The van der Waals surface area contributed by atoms with Crippen molar-refractivity contribution in [2.24, 2.45) is 0 Å². The number of anilines is 1. The lowest BCUT2D eigenvalue weighted by Crippen LogP contribution is -2.18. The van der Waals surface area contributed by atoms with Crippen molar-refractivity contribution in [2.75, 3.05) is 5.73 Å². The quantitative estimate of drug-likeness (QED) is 0.773. The molecule has 1 aromatic heterocycles. The molecule has 1 aromatic rings. The van der Waals surface area contributed by atoms with Crippen LogP contribution in [-0.2, 0) is 0 Å². The van der Waals surface area contributed by atoms with E-state index >= 15 is 0 Å². The van der Waals surface area contributed by atoms with E-state index in [9.17, 15) is 18.0 Å². The van der Waals surface area contributed by atoms with Gasteiger partial charge in [0.05, 0.1) is 5.56 Å². The summed E-state index contributed by atoms with van der Waals surface area (Å²) in [6.07, 6.45) is -4.72. The SMILES string of the molecule is N#Cc1cc(OC(F)(F)F)c(N)nc1C=O. The van der Waals surface area contributed by atoms with Gasteiger partial charge in [-0.1, -0.05) is 0 Å². The molecule has 0 amide bonds. The van der Waals surface area contributed by atoms with Gasteiger partial charge in [-0.05, 0) is 0 Å². The number of nitriles is 1. The largest absolute Gasteiger partial charge is 0.573 e. The number of hydrogen-bond acceptors (Lipinski definition) is 5. The predicted molar refractivity (Wildman–Crippen MR) is 45.4 cm³/mol. The molecule has 0 aliphatic rings. The summed E-state index contributed by atoms with van der Waals surface area (Å²) in [6, 6.07) is 2.21. The molecule has 5 nitrogen and oxygen atoms in total. The number of hydrogen-bond donors (Lipinski definition) is 1. The minimum atomic E-state index is -4.94. The van der Waals surface area contributed by atoms with Gasteiger partial charge in [0.1, 0.15) is 11.8 Å². The Hall–Kier alpha value is -2.30. The molecular weight excluding hydrogens is 227 g/mol. The third-order valence-electron chi connectivity index (χ3n) is 1.50. The van der Waals surface area contributed by atoms with Crippen LogP contribution in [-0.4, -0.2) is 17.6 Å². The van der Waals surface area contributed by atoms with Gasteiger partial charge >= 0.3 is 6.36 Å². The minimum Gasteiger partial charge on any atom is -0.402 e. The Balaban J connectivity index is 3.23. The predicted octanol–water partition coefficient (Wildman–Crippen LogP) is 1.25. The van der Waals surface area contributed by atoms with Gasteiger partial charge in [0.25, 0.3) is 0 Å². The van der Waals surface area contributed by atoms with Crippen molar-refractivity contribution in [2.45, 2.75) is 6.36 Å². The van der Waals surface area contributed by atoms with Crippen molar-refractivity contribution < 1.29 is 22.7 Å². The average molecular weight is 231 g/mol. The molecule has 0 aliphatic heterocycles. The number of halogens is 3. The zero-order chi connectivity index (χ0) is 12.3. The number of alkyl halides is 3. The summed E-state index contributed by atoms with van der Waals surface area (Å²) >= 11 is 0. The summed E-state index contributed by atoms with van der Waals surface area (Å²) in [5, 5.41) is 8.54.